The van der Waals surface area contributed by atoms with Crippen molar-refractivity contribution in [2.45, 2.75) is 114 Å². The Morgan fingerprint density at radius 3 is 1.62 bits per heavy atom. The summed E-state index contributed by atoms with van der Waals surface area (Å²) in [6, 6.07) is 11.0. The monoisotopic (exact) mass is 442 g/mol. The molecule has 0 aliphatic heterocycles. The third-order valence-corrected chi connectivity index (χ3v) is 6.72. The Hall–Kier alpha value is 0.0684. The fourth-order valence-electron chi connectivity index (χ4n) is 3.57. The van der Waals surface area contributed by atoms with Gasteiger partial charge in [-0.25, -0.2) is 0 Å². The van der Waals surface area contributed by atoms with Crippen LogP contribution in [0.4, 0.5) is 0 Å². The van der Waals surface area contributed by atoms with Crippen molar-refractivity contribution in [3.05, 3.63) is 35.9 Å². The van der Waals surface area contributed by atoms with Crippen LogP contribution >= 0.6 is 12.4 Å². The van der Waals surface area contributed by atoms with E-state index in [-0.39, 0.29) is 12.4 Å². The minimum absolute atomic E-state index is 0. The van der Waals surface area contributed by atoms with Gasteiger partial charge in [-0.05, 0) is 0 Å². The number of hydrogen-bond acceptors (Lipinski definition) is 0. The molecule has 2 unspecified atom stereocenters. The number of aryl methyl sites for hydroxylation is 1. The SMILES string of the molecule is CCCCCCCCCCCCCCCC([AsH2])CCc1ccccc1.Cl. The van der Waals surface area contributed by atoms with Crippen molar-refractivity contribution < 1.29 is 0 Å². The molecule has 1 aromatic rings. The van der Waals surface area contributed by atoms with E-state index < -0.39 is 0 Å². The van der Waals surface area contributed by atoms with E-state index >= 15 is 0 Å². The van der Waals surface area contributed by atoms with E-state index in [0.29, 0.717) is 0 Å². The zero-order valence-electron chi connectivity index (χ0n) is 17.3. The van der Waals surface area contributed by atoms with Crippen LogP contribution in [0.2, 0.25) is 4.71 Å². The normalized spacial score (nSPS) is 11.9. The fraction of sp³-hybridized carbons (Fsp3) is 0.750. The molecule has 0 N–H and O–H groups in total. The molecule has 0 amide bonds. The predicted octanol–water partition coefficient (Wildman–Crippen LogP) is 7.94. The Bertz CT molecular complexity index is 379. The second-order valence-electron chi connectivity index (χ2n) is 7.82. The molecule has 0 aromatic heterocycles. The fourth-order valence-corrected chi connectivity index (χ4v) is 4.41. The zero-order chi connectivity index (χ0) is 18.0. The first-order chi connectivity index (χ1) is 12.3. The summed E-state index contributed by atoms with van der Waals surface area (Å²) in [4.78, 5) is 0. The molecular weight excluding hydrogens is 399 g/mol. The summed E-state index contributed by atoms with van der Waals surface area (Å²) in [6.07, 6.45) is 23.1. The molecule has 26 heavy (non-hydrogen) atoms. The van der Waals surface area contributed by atoms with Gasteiger partial charge in [0.25, 0.3) is 0 Å². The summed E-state index contributed by atoms with van der Waals surface area (Å²) in [5.74, 6) is 0. The van der Waals surface area contributed by atoms with Crippen LogP contribution in [0.25, 0.3) is 0 Å². The van der Waals surface area contributed by atoms with Crippen LogP contribution in [0.5, 0.6) is 0 Å². The molecule has 0 spiro atoms. The van der Waals surface area contributed by atoms with Crippen molar-refractivity contribution in [1.82, 2.24) is 0 Å². The number of benzene rings is 1. The van der Waals surface area contributed by atoms with Gasteiger partial charge in [-0.2, -0.15) is 0 Å². The topological polar surface area (TPSA) is 0 Å². The zero-order valence-corrected chi connectivity index (χ0v) is 20.5. The second-order valence-corrected chi connectivity index (χ2v) is 9.79. The smallest absolute Gasteiger partial charge is 0.147 e. The van der Waals surface area contributed by atoms with Crippen LogP contribution in [0.3, 0.4) is 0 Å². The van der Waals surface area contributed by atoms with Crippen molar-refractivity contribution >= 4 is 29.3 Å². The van der Waals surface area contributed by atoms with Crippen molar-refractivity contribution in [3.63, 3.8) is 0 Å². The van der Waals surface area contributed by atoms with Crippen LogP contribution in [0, 0.1) is 0 Å². The van der Waals surface area contributed by atoms with Gasteiger partial charge in [0.05, 0.1) is 0 Å². The van der Waals surface area contributed by atoms with Gasteiger partial charge in [0, 0.05) is 0 Å². The van der Waals surface area contributed by atoms with Gasteiger partial charge in [-0.15, -0.1) is 12.4 Å². The summed E-state index contributed by atoms with van der Waals surface area (Å²) in [5, 5.41) is 0. The first-order valence-corrected chi connectivity index (χ1v) is 12.5. The molecule has 0 bridgehead atoms. The first kappa shape index (κ1) is 26.1. The van der Waals surface area contributed by atoms with Gasteiger partial charge >= 0.3 is 141 Å². The van der Waals surface area contributed by atoms with Crippen molar-refractivity contribution in [2.24, 2.45) is 0 Å². The van der Waals surface area contributed by atoms with Gasteiger partial charge < -0.3 is 0 Å². The van der Waals surface area contributed by atoms with Crippen LogP contribution in [-0.4, -0.2) is 16.9 Å². The minimum Gasteiger partial charge on any atom is -0.147 e. The quantitative estimate of drug-likeness (QED) is 0.169. The summed E-state index contributed by atoms with van der Waals surface area (Å²) in [5.41, 5.74) is 1.51. The third kappa shape index (κ3) is 16.3. The summed E-state index contributed by atoms with van der Waals surface area (Å²) < 4.78 is 0.945. The van der Waals surface area contributed by atoms with Gasteiger partial charge in [0.1, 0.15) is 0 Å². The van der Waals surface area contributed by atoms with E-state index in [4.69, 9.17) is 0 Å². The maximum atomic E-state index is 2.30. The number of unbranched alkanes of at least 4 members (excludes halogenated alkanes) is 12. The van der Waals surface area contributed by atoms with E-state index in [1.165, 1.54) is 108 Å². The second kappa shape index (κ2) is 19.8. The Kier molecular flexibility index (Phi) is 19.9. The molecule has 1 rings (SSSR count). The third-order valence-electron chi connectivity index (χ3n) is 5.33. The molecule has 0 heterocycles. The average molecular weight is 443 g/mol. The van der Waals surface area contributed by atoms with Crippen molar-refractivity contribution in [2.75, 3.05) is 0 Å². The standard InChI is InChI=1S/C24H43As.ClH/c1-2-3-4-5-6-7-8-9-10-11-12-13-17-20-24(25)22-21-23-18-15-14-16-19-23;/h14-16,18-19,24H,2-13,17,20-22,25H2,1H3;1H. The molecule has 0 aliphatic rings. The first-order valence-electron chi connectivity index (χ1n) is 11.1. The van der Waals surface area contributed by atoms with E-state index in [0.717, 1.165) is 4.71 Å². The maximum absolute atomic E-state index is 2.30. The Morgan fingerprint density at radius 1 is 0.654 bits per heavy atom. The largest absolute Gasteiger partial charge is 0.147 e. The average Bonchev–Trinajstić information content (AvgIpc) is 2.64. The number of hydrogen-bond donors (Lipinski definition) is 0. The molecule has 1 aromatic carbocycles. The molecule has 0 aliphatic carbocycles. The van der Waals surface area contributed by atoms with Gasteiger partial charge in [-0.3, -0.25) is 0 Å². The van der Waals surface area contributed by atoms with E-state index in [1.807, 2.05) is 16.9 Å². The predicted molar refractivity (Wildman–Crippen MR) is 125 cm³/mol. The molecule has 2 heteroatoms. The van der Waals surface area contributed by atoms with Crippen LogP contribution < -0.4 is 0 Å². The molecule has 2 atom stereocenters. The van der Waals surface area contributed by atoms with Gasteiger partial charge in [0.15, 0.2) is 0 Å². The molecule has 0 saturated heterocycles. The molecular formula is C24H44AsCl. The Labute approximate surface area is 179 Å². The molecule has 0 radical (unpaired) electrons. The summed E-state index contributed by atoms with van der Waals surface area (Å²) in [7, 11) is 0. The van der Waals surface area contributed by atoms with Gasteiger partial charge in [0.2, 0.25) is 0 Å². The van der Waals surface area contributed by atoms with Crippen LogP contribution in [0.1, 0.15) is 109 Å². The van der Waals surface area contributed by atoms with Crippen molar-refractivity contribution in [3.8, 4) is 0 Å². The minimum atomic E-state index is 0. The van der Waals surface area contributed by atoms with Crippen LogP contribution in [-0.2, 0) is 6.42 Å². The molecule has 0 nitrogen and oxygen atoms in total. The summed E-state index contributed by atoms with van der Waals surface area (Å²) >= 11 is 1.96. The van der Waals surface area contributed by atoms with Crippen molar-refractivity contribution in [1.29, 1.82) is 0 Å². The Balaban J connectivity index is 0.00000625. The van der Waals surface area contributed by atoms with E-state index in [2.05, 4.69) is 37.3 Å². The maximum Gasteiger partial charge on any atom is -0.147 e. The van der Waals surface area contributed by atoms with Gasteiger partial charge in [-0.1, -0.05) is 26.2 Å². The number of rotatable bonds is 17. The Morgan fingerprint density at radius 2 is 1.12 bits per heavy atom. The van der Waals surface area contributed by atoms with E-state index in [1.54, 1.807) is 0 Å². The molecule has 0 fully saturated rings. The number of halogens is 1. The molecule has 0 saturated carbocycles. The van der Waals surface area contributed by atoms with E-state index in [9.17, 15) is 0 Å². The summed E-state index contributed by atoms with van der Waals surface area (Å²) in [6.45, 7) is 2.30. The molecule has 152 valence electrons. The van der Waals surface area contributed by atoms with Crippen LogP contribution in [0.15, 0.2) is 30.3 Å².